The Kier molecular flexibility index (Phi) is 4.44. The molecule has 0 aromatic heterocycles. The van der Waals surface area contributed by atoms with Crippen molar-refractivity contribution < 1.29 is 14.5 Å². The van der Waals surface area contributed by atoms with Gasteiger partial charge in [0.2, 0.25) is 5.71 Å². The van der Waals surface area contributed by atoms with Crippen molar-refractivity contribution in [3.8, 4) is 6.07 Å². The average molecular weight is 157 g/mol. The quantitative estimate of drug-likeness (QED) is 0.429. The first kappa shape index (κ1) is 9.39. The molecule has 0 fully saturated rings. The van der Waals surface area contributed by atoms with Crippen molar-refractivity contribution in [2.24, 2.45) is 5.16 Å². The van der Waals surface area contributed by atoms with Crippen molar-refractivity contribution in [2.45, 2.75) is 0 Å². The van der Waals surface area contributed by atoms with E-state index in [0.717, 1.165) is 0 Å². The normalized spacial score (nSPS) is 10.1. The number of carbonyl (C=O) groups is 1. The number of nitrogens with zero attached hydrogens (tertiary/aromatic N) is 2. The minimum Gasteiger partial charge on any atom is -0.398 e. The molecule has 1 N–H and O–H groups in total. The summed E-state index contributed by atoms with van der Waals surface area (Å²) in [6, 6.07) is 1.52. The molecule has 0 heterocycles. The van der Waals surface area contributed by atoms with E-state index in [1.165, 1.54) is 20.3 Å². The molecule has 0 radical (unpaired) electrons. The predicted octanol–water partition coefficient (Wildman–Crippen LogP) is -0.810. The van der Waals surface area contributed by atoms with Gasteiger partial charge in [0.1, 0.15) is 13.2 Å². The van der Waals surface area contributed by atoms with Gasteiger partial charge in [-0.1, -0.05) is 5.16 Å². The Morgan fingerprint density at radius 1 is 1.64 bits per heavy atom. The van der Waals surface area contributed by atoms with Gasteiger partial charge in [-0.15, -0.1) is 0 Å². The van der Waals surface area contributed by atoms with Gasteiger partial charge in [0, 0.05) is 0 Å². The maximum atomic E-state index is 10.7. The molecule has 1 amide bonds. The predicted molar refractivity (Wildman–Crippen MR) is 35.2 cm³/mol. The third kappa shape index (κ3) is 3.17. The molecule has 0 atom stereocenters. The van der Waals surface area contributed by atoms with Crippen LogP contribution in [0.25, 0.3) is 0 Å². The second-order valence-corrected chi connectivity index (χ2v) is 1.37. The number of rotatable bonds is 3. The van der Waals surface area contributed by atoms with Crippen LogP contribution in [0.5, 0.6) is 0 Å². The second kappa shape index (κ2) is 5.20. The molecule has 0 unspecified atom stereocenters. The van der Waals surface area contributed by atoms with Gasteiger partial charge in [-0.3, -0.25) is 9.63 Å². The first-order valence-electron chi connectivity index (χ1n) is 2.60. The van der Waals surface area contributed by atoms with E-state index < -0.39 is 11.6 Å². The molecule has 6 nitrogen and oxygen atoms in total. The Balaban J connectivity index is 4.18. The van der Waals surface area contributed by atoms with Gasteiger partial charge in [-0.05, 0) is 0 Å². The summed E-state index contributed by atoms with van der Waals surface area (Å²) in [6.07, 6.45) is 0. The Hall–Kier alpha value is -1.61. The van der Waals surface area contributed by atoms with Crippen LogP contribution in [0.3, 0.4) is 0 Å². The lowest BCUT2D eigenvalue weighted by Gasteiger charge is -1.96. The average Bonchev–Trinajstić information content (AvgIpc) is 2.00. The highest BCUT2D eigenvalue weighted by atomic mass is 16.6. The fourth-order valence-corrected chi connectivity index (χ4v) is 0.345. The number of nitrogens with one attached hydrogen (secondary N) is 1. The minimum atomic E-state index is -0.739. The Bertz CT molecular complexity index is 206. The number of nitriles is 1. The standard InChI is InChI=1S/C5H7N3O3/c1-10-7-4(3-6)5(9)8-11-2/h1-2H3,(H,8,9)/b7-4+. The van der Waals surface area contributed by atoms with Crippen molar-refractivity contribution in [1.82, 2.24) is 5.48 Å². The van der Waals surface area contributed by atoms with Crippen molar-refractivity contribution in [3.63, 3.8) is 0 Å². The molecule has 0 aliphatic carbocycles. The molecule has 0 spiro atoms. The number of hydroxylamine groups is 1. The van der Waals surface area contributed by atoms with Gasteiger partial charge in [0.15, 0.2) is 0 Å². The molecule has 0 rings (SSSR count). The smallest absolute Gasteiger partial charge is 0.307 e. The summed E-state index contributed by atoms with van der Waals surface area (Å²) < 4.78 is 0. The lowest BCUT2D eigenvalue weighted by atomic mass is 10.4. The van der Waals surface area contributed by atoms with E-state index in [-0.39, 0.29) is 0 Å². The molecular formula is C5H7N3O3. The third-order valence-corrected chi connectivity index (χ3v) is 0.698. The van der Waals surface area contributed by atoms with Crippen LogP contribution >= 0.6 is 0 Å². The van der Waals surface area contributed by atoms with Gasteiger partial charge >= 0.3 is 5.91 Å². The SMILES string of the molecule is CO/N=C(\C#N)C(=O)NOC. The highest BCUT2D eigenvalue weighted by Gasteiger charge is 2.09. The van der Waals surface area contributed by atoms with Gasteiger partial charge in [0.05, 0.1) is 7.11 Å². The summed E-state index contributed by atoms with van der Waals surface area (Å²) in [4.78, 5) is 19.2. The first-order chi connectivity index (χ1) is 5.26. The van der Waals surface area contributed by atoms with Crippen molar-refractivity contribution in [3.05, 3.63) is 0 Å². The van der Waals surface area contributed by atoms with Crippen LogP contribution < -0.4 is 5.48 Å². The molecule has 0 saturated heterocycles. The van der Waals surface area contributed by atoms with E-state index >= 15 is 0 Å². The van der Waals surface area contributed by atoms with Crippen LogP contribution in [0.15, 0.2) is 5.16 Å². The second-order valence-electron chi connectivity index (χ2n) is 1.37. The first-order valence-corrected chi connectivity index (χ1v) is 2.60. The van der Waals surface area contributed by atoms with Crippen LogP contribution in [0.2, 0.25) is 0 Å². The summed E-state index contributed by atoms with van der Waals surface area (Å²) >= 11 is 0. The number of amides is 1. The number of carbonyl (C=O) groups excluding carboxylic acids is 1. The monoisotopic (exact) mass is 157 g/mol. The molecule has 0 aromatic carbocycles. The molecular weight excluding hydrogens is 150 g/mol. The maximum absolute atomic E-state index is 10.7. The van der Waals surface area contributed by atoms with Gasteiger partial charge < -0.3 is 4.84 Å². The summed E-state index contributed by atoms with van der Waals surface area (Å²) in [5.74, 6) is -0.739. The number of hydrogen-bond acceptors (Lipinski definition) is 5. The fraction of sp³-hybridized carbons (Fsp3) is 0.400. The van der Waals surface area contributed by atoms with E-state index in [2.05, 4.69) is 14.8 Å². The van der Waals surface area contributed by atoms with Gasteiger partial charge in [-0.2, -0.15) is 5.26 Å². The lowest BCUT2D eigenvalue weighted by Crippen LogP contribution is -2.29. The Labute approximate surface area is 63.3 Å². The van der Waals surface area contributed by atoms with Gasteiger partial charge in [0.25, 0.3) is 0 Å². The topological polar surface area (TPSA) is 83.7 Å². The molecule has 60 valence electrons. The summed E-state index contributed by atoms with van der Waals surface area (Å²) in [5.41, 5.74) is 1.52. The Morgan fingerprint density at radius 2 is 2.27 bits per heavy atom. The highest BCUT2D eigenvalue weighted by molar-refractivity contribution is 6.44. The zero-order valence-corrected chi connectivity index (χ0v) is 6.12. The molecule has 0 saturated carbocycles. The van der Waals surface area contributed by atoms with E-state index in [1.807, 2.05) is 5.48 Å². The minimum absolute atomic E-state index is 0.394. The molecule has 11 heavy (non-hydrogen) atoms. The number of oxime groups is 1. The molecule has 0 aliphatic heterocycles. The van der Waals surface area contributed by atoms with Crippen LogP contribution in [-0.2, 0) is 14.5 Å². The van der Waals surface area contributed by atoms with Crippen LogP contribution in [0.1, 0.15) is 0 Å². The highest BCUT2D eigenvalue weighted by Crippen LogP contribution is 1.78. The van der Waals surface area contributed by atoms with Gasteiger partial charge in [-0.25, -0.2) is 5.48 Å². The molecule has 0 aromatic rings. The van der Waals surface area contributed by atoms with Crippen molar-refractivity contribution in [1.29, 1.82) is 5.26 Å². The molecule has 0 bridgehead atoms. The fourth-order valence-electron chi connectivity index (χ4n) is 0.345. The summed E-state index contributed by atoms with van der Waals surface area (Å²) in [7, 11) is 2.48. The van der Waals surface area contributed by atoms with Crippen molar-refractivity contribution in [2.75, 3.05) is 14.2 Å². The largest absolute Gasteiger partial charge is 0.398 e. The lowest BCUT2D eigenvalue weighted by molar-refractivity contribution is -0.124. The van der Waals surface area contributed by atoms with E-state index in [1.54, 1.807) is 0 Å². The molecule has 0 aliphatic rings. The maximum Gasteiger partial charge on any atom is 0.307 e. The van der Waals surface area contributed by atoms with Crippen molar-refractivity contribution >= 4 is 11.6 Å². The Morgan fingerprint density at radius 3 is 2.64 bits per heavy atom. The summed E-state index contributed by atoms with van der Waals surface area (Å²) in [5, 5.41) is 11.4. The zero-order chi connectivity index (χ0) is 8.69. The van der Waals surface area contributed by atoms with E-state index in [9.17, 15) is 4.79 Å². The third-order valence-electron chi connectivity index (χ3n) is 0.698. The van der Waals surface area contributed by atoms with Crippen LogP contribution in [0, 0.1) is 11.3 Å². The molecule has 6 heteroatoms. The van der Waals surface area contributed by atoms with Crippen LogP contribution in [-0.4, -0.2) is 25.8 Å². The summed E-state index contributed by atoms with van der Waals surface area (Å²) in [6.45, 7) is 0. The van der Waals surface area contributed by atoms with Crippen LogP contribution in [0.4, 0.5) is 0 Å². The zero-order valence-electron chi connectivity index (χ0n) is 6.12. The number of hydrogen-bond donors (Lipinski definition) is 1. The van der Waals surface area contributed by atoms with E-state index in [4.69, 9.17) is 5.26 Å². The van der Waals surface area contributed by atoms with E-state index in [0.29, 0.717) is 0 Å².